The zero-order chi connectivity index (χ0) is 27.7. The van der Waals surface area contributed by atoms with Gasteiger partial charge in [-0.15, -0.1) is 0 Å². The van der Waals surface area contributed by atoms with Crippen LogP contribution >= 0.6 is 22.9 Å². The van der Waals surface area contributed by atoms with Gasteiger partial charge in [-0.3, -0.25) is 14.5 Å². The van der Waals surface area contributed by atoms with Crippen molar-refractivity contribution in [3.05, 3.63) is 80.3 Å². The highest BCUT2D eigenvalue weighted by atomic mass is 35.5. The fourth-order valence-electron chi connectivity index (χ4n) is 4.20. The number of esters is 1. The summed E-state index contributed by atoms with van der Waals surface area (Å²) in [4.78, 5) is 45.1. The summed E-state index contributed by atoms with van der Waals surface area (Å²) >= 11 is 7.05. The second-order valence-corrected chi connectivity index (χ2v) is 10.4. The van der Waals surface area contributed by atoms with Gasteiger partial charge >= 0.3 is 11.9 Å². The van der Waals surface area contributed by atoms with Crippen LogP contribution in [0.25, 0.3) is 5.76 Å². The summed E-state index contributed by atoms with van der Waals surface area (Å²) in [7, 11) is 0. The molecule has 1 saturated heterocycles. The molecule has 1 amide bonds. The molecule has 1 aliphatic rings. The monoisotopic (exact) mass is 554 g/mol. The first-order valence-electron chi connectivity index (χ1n) is 12.0. The van der Waals surface area contributed by atoms with Gasteiger partial charge in [0.1, 0.15) is 16.4 Å². The molecule has 0 radical (unpaired) electrons. The lowest BCUT2D eigenvalue weighted by Gasteiger charge is -2.23. The van der Waals surface area contributed by atoms with E-state index in [2.05, 4.69) is 4.98 Å². The van der Waals surface area contributed by atoms with Gasteiger partial charge in [0.2, 0.25) is 0 Å². The third-order valence-electron chi connectivity index (χ3n) is 5.89. The van der Waals surface area contributed by atoms with Crippen LogP contribution in [0.2, 0.25) is 5.02 Å². The number of ether oxygens (including phenoxy) is 2. The number of aliphatic hydroxyl groups is 1. The number of carbonyl (C=O) groups is 3. The highest BCUT2D eigenvalue weighted by Crippen LogP contribution is 2.44. The number of hydrogen-bond acceptors (Lipinski definition) is 8. The largest absolute Gasteiger partial charge is 0.507 e. The minimum atomic E-state index is -1.00. The van der Waals surface area contributed by atoms with Crippen molar-refractivity contribution in [1.82, 2.24) is 4.98 Å². The average molecular weight is 555 g/mol. The van der Waals surface area contributed by atoms with Gasteiger partial charge in [-0.05, 0) is 76.1 Å². The standard InChI is InChI=1S/C28H27ClN2O6S/c1-6-36-27(35)25-16(5)30-28(38-25)31-22(17-7-10-19(29)11-8-17)21(24(33)26(31)34)23(32)18-9-12-20(15(4)13-18)37-14(2)3/h7-14,22,32H,6H2,1-5H3. The lowest BCUT2D eigenvalue weighted by Crippen LogP contribution is -2.29. The Morgan fingerprint density at radius 2 is 1.84 bits per heavy atom. The molecule has 1 aromatic heterocycles. The number of rotatable bonds is 7. The van der Waals surface area contributed by atoms with Gasteiger partial charge < -0.3 is 14.6 Å². The van der Waals surface area contributed by atoms with Crippen molar-refractivity contribution in [1.29, 1.82) is 0 Å². The molecule has 198 valence electrons. The Kier molecular flexibility index (Phi) is 7.89. The molecule has 1 fully saturated rings. The molecule has 0 bridgehead atoms. The summed E-state index contributed by atoms with van der Waals surface area (Å²) < 4.78 is 10.9. The number of halogens is 1. The maximum Gasteiger partial charge on any atom is 0.350 e. The first-order chi connectivity index (χ1) is 18.0. The van der Waals surface area contributed by atoms with Crippen molar-refractivity contribution in [2.45, 2.75) is 46.8 Å². The van der Waals surface area contributed by atoms with Crippen LogP contribution in [0.4, 0.5) is 5.13 Å². The average Bonchev–Trinajstić information content (AvgIpc) is 3.37. The van der Waals surface area contributed by atoms with Gasteiger partial charge in [-0.25, -0.2) is 9.78 Å². The zero-order valence-corrected chi connectivity index (χ0v) is 23.1. The van der Waals surface area contributed by atoms with E-state index in [1.54, 1.807) is 56.3 Å². The number of anilines is 1. The number of aryl methyl sites for hydroxylation is 2. The SMILES string of the molecule is CCOC(=O)c1sc(N2C(=O)C(=O)C(=C(O)c3ccc(OC(C)C)c(C)c3)C2c2ccc(Cl)cc2)nc1C. The highest BCUT2D eigenvalue weighted by Gasteiger charge is 2.48. The van der Waals surface area contributed by atoms with E-state index in [1.807, 2.05) is 20.8 Å². The number of benzene rings is 2. The number of thiazole rings is 1. The molecule has 0 aliphatic carbocycles. The molecule has 0 spiro atoms. The molecule has 4 rings (SSSR count). The first-order valence-corrected chi connectivity index (χ1v) is 13.2. The maximum absolute atomic E-state index is 13.4. The molecule has 0 saturated carbocycles. The van der Waals surface area contributed by atoms with Crippen LogP contribution in [0.5, 0.6) is 5.75 Å². The predicted octanol–water partition coefficient (Wildman–Crippen LogP) is 6.00. The van der Waals surface area contributed by atoms with E-state index in [0.29, 0.717) is 27.6 Å². The lowest BCUT2D eigenvalue weighted by molar-refractivity contribution is -0.132. The summed E-state index contributed by atoms with van der Waals surface area (Å²) in [5.41, 5.74) is 1.93. The summed E-state index contributed by atoms with van der Waals surface area (Å²) in [6.45, 7) is 9.16. The van der Waals surface area contributed by atoms with Crippen LogP contribution < -0.4 is 9.64 Å². The number of amides is 1. The number of aliphatic hydroxyl groups excluding tert-OH is 1. The van der Waals surface area contributed by atoms with Crippen molar-refractivity contribution in [2.24, 2.45) is 0 Å². The molecule has 1 atom stereocenters. The number of aromatic nitrogens is 1. The van der Waals surface area contributed by atoms with Crippen LogP contribution in [0.1, 0.15) is 58.9 Å². The quantitative estimate of drug-likeness (QED) is 0.165. The third-order valence-corrected chi connectivity index (χ3v) is 7.28. The Morgan fingerprint density at radius 3 is 2.45 bits per heavy atom. The van der Waals surface area contributed by atoms with E-state index in [0.717, 1.165) is 16.9 Å². The summed E-state index contributed by atoms with van der Waals surface area (Å²) in [6.07, 6.45) is -0.0374. The first kappa shape index (κ1) is 27.3. The normalized spacial score (nSPS) is 16.8. The molecule has 2 aromatic carbocycles. The predicted molar refractivity (Wildman–Crippen MR) is 146 cm³/mol. The molecular formula is C28H27ClN2O6S. The van der Waals surface area contributed by atoms with E-state index in [-0.39, 0.29) is 34.1 Å². The maximum atomic E-state index is 13.4. The summed E-state index contributed by atoms with van der Waals surface area (Å²) in [6, 6.07) is 10.7. The second-order valence-electron chi connectivity index (χ2n) is 9.00. The van der Waals surface area contributed by atoms with Gasteiger partial charge in [0.25, 0.3) is 5.78 Å². The number of hydrogen-bond donors (Lipinski definition) is 1. The Bertz CT molecular complexity index is 1440. The van der Waals surface area contributed by atoms with Gasteiger partial charge in [0.15, 0.2) is 5.13 Å². The second kappa shape index (κ2) is 11.0. The topological polar surface area (TPSA) is 106 Å². The van der Waals surface area contributed by atoms with E-state index in [9.17, 15) is 19.5 Å². The molecule has 2 heterocycles. The minimum Gasteiger partial charge on any atom is -0.507 e. The van der Waals surface area contributed by atoms with Crippen molar-refractivity contribution in [3.63, 3.8) is 0 Å². The van der Waals surface area contributed by atoms with Gasteiger partial charge in [0.05, 0.1) is 30.0 Å². The van der Waals surface area contributed by atoms with Crippen LogP contribution in [-0.2, 0) is 14.3 Å². The molecule has 1 aliphatic heterocycles. The molecule has 38 heavy (non-hydrogen) atoms. The number of nitrogens with zero attached hydrogens (tertiary/aromatic N) is 2. The van der Waals surface area contributed by atoms with Crippen LogP contribution in [0, 0.1) is 13.8 Å². The third kappa shape index (κ3) is 5.16. The summed E-state index contributed by atoms with van der Waals surface area (Å²) in [5.74, 6) is -1.98. The fourth-order valence-corrected chi connectivity index (χ4v) is 5.31. The van der Waals surface area contributed by atoms with Crippen LogP contribution in [-0.4, -0.2) is 40.5 Å². The van der Waals surface area contributed by atoms with Crippen molar-refractivity contribution in [3.8, 4) is 5.75 Å². The molecule has 3 aromatic rings. The molecule has 1 N–H and O–H groups in total. The van der Waals surface area contributed by atoms with Gasteiger partial charge in [0, 0.05) is 10.6 Å². The zero-order valence-electron chi connectivity index (χ0n) is 21.6. The Balaban J connectivity index is 1.88. The lowest BCUT2D eigenvalue weighted by atomic mass is 9.95. The minimum absolute atomic E-state index is 0.0374. The van der Waals surface area contributed by atoms with E-state index >= 15 is 0 Å². The molecular weight excluding hydrogens is 528 g/mol. The fraction of sp³-hybridized carbons (Fsp3) is 0.286. The number of Topliss-reactive ketones (excluding diaryl/α,β-unsaturated/α-hetero) is 1. The highest BCUT2D eigenvalue weighted by molar-refractivity contribution is 7.17. The van der Waals surface area contributed by atoms with E-state index in [4.69, 9.17) is 21.1 Å². The van der Waals surface area contributed by atoms with Crippen LogP contribution in [0.15, 0.2) is 48.0 Å². The molecule has 10 heteroatoms. The number of carbonyl (C=O) groups excluding carboxylic acids is 3. The molecule has 1 unspecified atom stereocenters. The van der Waals surface area contributed by atoms with Crippen LogP contribution in [0.3, 0.4) is 0 Å². The summed E-state index contributed by atoms with van der Waals surface area (Å²) in [5, 5.41) is 12.0. The van der Waals surface area contributed by atoms with Crippen molar-refractivity contribution >= 4 is 51.5 Å². The number of ketones is 1. The van der Waals surface area contributed by atoms with E-state index < -0.39 is 23.7 Å². The van der Waals surface area contributed by atoms with Gasteiger partial charge in [-0.2, -0.15) is 0 Å². The van der Waals surface area contributed by atoms with Crippen molar-refractivity contribution < 1.29 is 29.0 Å². The van der Waals surface area contributed by atoms with Crippen molar-refractivity contribution in [2.75, 3.05) is 11.5 Å². The van der Waals surface area contributed by atoms with E-state index in [1.165, 1.54) is 4.90 Å². The smallest absolute Gasteiger partial charge is 0.350 e. The van der Waals surface area contributed by atoms with Gasteiger partial charge in [-0.1, -0.05) is 35.1 Å². The Hall–Kier alpha value is -3.69. The Morgan fingerprint density at radius 1 is 1.16 bits per heavy atom. The Labute approximate surface area is 229 Å². The molecule has 8 nitrogen and oxygen atoms in total.